The van der Waals surface area contributed by atoms with E-state index in [1.165, 1.54) is 4.31 Å². The van der Waals surface area contributed by atoms with Crippen LogP contribution >= 0.6 is 0 Å². The Balaban J connectivity index is 2.12. The first-order valence-corrected chi connectivity index (χ1v) is 10.3. The first kappa shape index (κ1) is 20.0. The third kappa shape index (κ3) is 5.33. The first-order chi connectivity index (χ1) is 12.1. The molecular weight excluding hydrogens is 348 g/mol. The highest BCUT2D eigenvalue weighted by molar-refractivity contribution is 7.92. The Morgan fingerprint density at radius 2 is 1.58 bits per heavy atom. The molecule has 2 aromatic carbocycles. The van der Waals surface area contributed by atoms with Crippen LogP contribution in [-0.2, 0) is 14.8 Å². The Bertz CT molecular complexity index is 900. The van der Waals surface area contributed by atoms with Gasteiger partial charge in [0.25, 0.3) is 0 Å². The Hall–Kier alpha value is -2.34. The molecule has 0 radical (unpaired) electrons. The van der Waals surface area contributed by atoms with Gasteiger partial charge in [-0.1, -0.05) is 12.1 Å². The van der Waals surface area contributed by atoms with Gasteiger partial charge in [-0.3, -0.25) is 9.10 Å². The lowest BCUT2D eigenvalue weighted by Gasteiger charge is -2.23. The van der Waals surface area contributed by atoms with Crippen LogP contribution in [-0.4, -0.2) is 27.1 Å². The second kappa shape index (κ2) is 7.91. The van der Waals surface area contributed by atoms with Crippen molar-refractivity contribution in [1.82, 2.24) is 0 Å². The van der Waals surface area contributed by atoms with Crippen molar-refractivity contribution in [2.75, 3.05) is 22.4 Å². The highest BCUT2D eigenvalue weighted by Gasteiger charge is 2.19. The molecule has 0 spiro atoms. The fraction of sp³-hybridized carbons (Fsp3) is 0.350. The Morgan fingerprint density at radius 1 is 0.962 bits per heavy atom. The Labute approximate surface area is 156 Å². The minimum Gasteiger partial charge on any atom is -0.326 e. The van der Waals surface area contributed by atoms with E-state index in [0.717, 1.165) is 34.2 Å². The lowest BCUT2D eigenvalue weighted by molar-refractivity contribution is -0.116. The minimum atomic E-state index is -3.48. The summed E-state index contributed by atoms with van der Waals surface area (Å²) in [5, 5.41) is 2.83. The first-order valence-electron chi connectivity index (χ1n) is 8.49. The average Bonchev–Trinajstić information content (AvgIpc) is 2.49. The largest absolute Gasteiger partial charge is 0.326 e. The van der Waals surface area contributed by atoms with Crippen molar-refractivity contribution in [2.24, 2.45) is 0 Å². The van der Waals surface area contributed by atoms with E-state index in [-0.39, 0.29) is 18.9 Å². The van der Waals surface area contributed by atoms with Crippen LogP contribution in [0.2, 0.25) is 0 Å². The molecule has 0 aromatic heterocycles. The van der Waals surface area contributed by atoms with Gasteiger partial charge in [0.2, 0.25) is 15.9 Å². The summed E-state index contributed by atoms with van der Waals surface area (Å²) in [4.78, 5) is 12.3. The smallest absolute Gasteiger partial charge is 0.232 e. The topological polar surface area (TPSA) is 66.5 Å². The van der Waals surface area contributed by atoms with Crippen LogP contribution in [0.25, 0.3) is 0 Å². The summed E-state index contributed by atoms with van der Waals surface area (Å²) >= 11 is 0. The zero-order chi connectivity index (χ0) is 19.5. The van der Waals surface area contributed by atoms with Crippen LogP contribution in [0, 0.1) is 27.7 Å². The van der Waals surface area contributed by atoms with Gasteiger partial charge in [-0.2, -0.15) is 0 Å². The van der Waals surface area contributed by atoms with Gasteiger partial charge in [-0.15, -0.1) is 0 Å². The van der Waals surface area contributed by atoms with Crippen molar-refractivity contribution in [3.05, 3.63) is 58.7 Å². The van der Waals surface area contributed by atoms with Gasteiger partial charge < -0.3 is 5.32 Å². The minimum absolute atomic E-state index is 0.0764. The third-order valence-electron chi connectivity index (χ3n) is 4.23. The number of hydrogen-bond donors (Lipinski definition) is 1. The normalized spacial score (nSPS) is 11.3. The second-order valence-electron chi connectivity index (χ2n) is 6.78. The van der Waals surface area contributed by atoms with E-state index < -0.39 is 10.0 Å². The number of carbonyl (C=O) groups is 1. The molecule has 0 unspecified atom stereocenters. The number of hydrogen-bond acceptors (Lipinski definition) is 3. The molecule has 2 rings (SSSR count). The Kier molecular flexibility index (Phi) is 6.08. The molecule has 5 nitrogen and oxygen atoms in total. The molecule has 0 aliphatic carbocycles. The fourth-order valence-corrected chi connectivity index (χ4v) is 3.74. The standard InChI is InChI=1S/C20H26N2O3S/c1-14-10-15(2)12-19(11-14)22(26(5,24)25)9-8-20(23)21-18-7-6-16(3)17(4)13-18/h6-7,10-13H,8-9H2,1-5H3,(H,21,23). The molecule has 0 aliphatic rings. The van der Waals surface area contributed by atoms with E-state index in [0.29, 0.717) is 5.69 Å². The predicted octanol–water partition coefficient (Wildman–Crippen LogP) is 3.72. The van der Waals surface area contributed by atoms with Crippen LogP contribution in [0.15, 0.2) is 36.4 Å². The monoisotopic (exact) mass is 374 g/mol. The zero-order valence-corrected chi connectivity index (χ0v) is 16.8. The van der Waals surface area contributed by atoms with Crippen LogP contribution in [0.4, 0.5) is 11.4 Å². The van der Waals surface area contributed by atoms with Crippen molar-refractivity contribution in [1.29, 1.82) is 0 Å². The van der Waals surface area contributed by atoms with Crippen LogP contribution in [0.1, 0.15) is 28.7 Å². The molecule has 0 saturated heterocycles. The van der Waals surface area contributed by atoms with E-state index >= 15 is 0 Å². The molecule has 0 bridgehead atoms. The molecule has 0 fully saturated rings. The van der Waals surface area contributed by atoms with Crippen molar-refractivity contribution >= 4 is 27.3 Å². The maximum absolute atomic E-state index is 12.3. The number of sulfonamides is 1. The Morgan fingerprint density at radius 3 is 2.12 bits per heavy atom. The number of anilines is 2. The fourth-order valence-electron chi connectivity index (χ4n) is 2.83. The van der Waals surface area contributed by atoms with E-state index in [1.807, 2.05) is 64.1 Å². The summed E-state index contributed by atoms with van der Waals surface area (Å²) in [5.41, 5.74) is 5.51. The molecule has 140 valence electrons. The quantitative estimate of drug-likeness (QED) is 0.838. The molecule has 0 aliphatic heterocycles. The zero-order valence-electron chi connectivity index (χ0n) is 16.0. The summed E-state index contributed by atoms with van der Waals surface area (Å²) in [6.45, 7) is 7.93. The van der Waals surface area contributed by atoms with Crippen LogP contribution < -0.4 is 9.62 Å². The van der Waals surface area contributed by atoms with Crippen molar-refractivity contribution in [2.45, 2.75) is 34.1 Å². The molecule has 2 aromatic rings. The number of nitrogens with one attached hydrogen (secondary N) is 1. The molecule has 0 saturated carbocycles. The second-order valence-corrected chi connectivity index (χ2v) is 8.69. The molecule has 0 atom stereocenters. The van der Waals surface area contributed by atoms with Gasteiger partial charge in [-0.25, -0.2) is 8.42 Å². The summed E-state index contributed by atoms with van der Waals surface area (Å²) in [5.74, 6) is -0.216. The lowest BCUT2D eigenvalue weighted by atomic mass is 10.1. The number of rotatable bonds is 6. The number of benzene rings is 2. The van der Waals surface area contributed by atoms with Gasteiger partial charge in [0, 0.05) is 18.7 Å². The lowest BCUT2D eigenvalue weighted by Crippen LogP contribution is -2.33. The predicted molar refractivity (Wildman–Crippen MR) is 107 cm³/mol. The van der Waals surface area contributed by atoms with Crippen molar-refractivity contribution < 1.29 is 13.2 Å². The van der Waals surface area contributed by atoms with Crippen LogP contribution in [0.3, 0.4) is 0 Å². The molecular formula is C20H26N2O3S. The van der Waals surface area contributed by atoms with Gasteiger partial charge in [-0.05, 0) is 74.2 Å². The number of amides is 1. The van der Waals surface area contributed by atoms with E-state index in [2.05, 4.69) is 5.32 Å². The SMILES string of the molecule is Cc1cc(C)cc(N(CCC(=O)Nc2ccc(C)c(C)c2)S(C)(=O)=O)c1. The van der Waals surface area contributed by atoms with Crippen molar-refractivity contribution in [3.63, 3.8) is 0 Å². The maximum atomic E-state index is 12.3. The van der Waals surface area contributed by atoms with E-state index in [9.17, 15) is 13.2 Å². The van der Waals surface area contributed by atoms with Gasteiger partial charge in [0.1, 0.15) is 0 Å². The van der Waals surface area contributed by atoms with Gasteiger partial charge in [0.15, 0.2) is 0 Å². The van der Waals surface area contributed by atoms with Crippen molar-refractivity contribution in [3.8, 4) is 0 Å². The summed E-state index contributed by atoms with van der Waals surface area (Å²) in [7, 11) is -3.48. The highest BCUT2D eigenvalue weighted by atomic mass is 32.2. The summed E-state index contributed by atoms with van der Waals surface area (Å²) < 4.78 is 25.7. The third-order valence-corrected chi connectivity index (χ3v) is 5.42. The number of carbonyl (C=O) groups excluding carboxylic acids is 1. The molecule has 6 heteroatoms. The van der Waals surface area contributed by atoms with E-state index in [4.69, 9.17) is 0 Å². The van der Waals surface area contributed by atoms with E-state index in [1.54, 1.807) is 0 Å². The molecule has 1 amide bonds. The summed E-state index contributed by atoms with van der Waals surface area (Å²) in [6, 6.07) is 11.3. The molecule has 1 N–H and O–H groups in total. The maximum Gasteiger partial charge on any atom is 0.232 e. The molecule has 0 heterocycles. The van der Waals surface area contributed by atoms with Gasteiger partial charge >= 0.3 is 0 Å². The summed E-state index contributed by atoms with van der Waals surface area (Å²) in [6.07, 6.45) is 1.24. The number of nitrogens with zero attached hydrogens (tertiary/aromatic N) is 1. The van der Waals surface area contributed by atoms with Crippen LogP contribution in [0.5, 0.6) is 0 Å². The molecule has 26 heavy (non-hydrogen) atoms. The highest BCUT2D eigenvalue weighted by Crippen LogP contribution is 2.22. The number of aryl methyl sites for hydroxylation is 4. The van der Waals surface area contributed by atoms with Gasteiger partial charge in [0.05, 0.1) is 11.9 Å². The average molecular weight is 375 g/mol.